The van der Waals surface area contributed by atoms with Crippen LogP contribution in [0.15, 0.2) is 30.5 Å². The van der Waals surface area contributed by atoms with Crippen molar-refractivity contribution in [2.24, 2.45) is 5.84 Å². The average molecular weight is 189 g/mol. The minimum absolute atomic E-state index is 0.0378. The number of likely N-dealkylation sites (N-methyl/N-ethyl adjacent to an activating group) is 1. The predicted octanol–water partition coefficient (Wildman–Crippen LogP) is 0.467. The van der Waals surface area contributed by atoms with Crippen LogP contribution in [0.4, 0.5) is 5.69 Å². The Morgan fingerprint density at radius 1 is 1.43 bits per heavy atom. The normalized spacial score (nSPS) is 17.4. The fraction of sp³-hybridized carbons (Fsp3) is 0.100. The quantitative estimate of drug-likeness (QED) is 0.383. The van der Waals surface area contributed by atoms with Crippen LogP contribution >= 0.6 is 0 Å². The highest BCUT2D eigenvalue weighted by atomic mass is 16.2. The molecule has 0 aromatic heterocycles. The summed E-state index contributed by atoms with van der Waals surface area (Å²) in [6.07, 6.45) is 1.52. The Bertz CT molecular complexity index is 412. The lowest BCUT2D eigenvalue weighted by Crippen LogP contribution is -2.22. The molecule has 0 spiro atoms. The van der Waals surface area contributed by atoms with Crippen LogP contribution in [-0.2, 0) is 4.79 Å². The van der Waals surface area contributed by atoms with Crippen molar-refractivity contribution in [3.05, 3.63) is 36.0 Å². The van der Waals surface area contributed by atoms with Crippen LogP contribution in [0.25, 0.3) is 5.57 Å². The van der Waals surface area contributed by atoms with Gasteiger partial charge < -0.3 is 10.3 Å². The number of carbonyl (C=O) groups excluding carboxylic acids is 1. The molecular formula is C10H11N3O. The maximum Gasteiger partial charge on any atom is 0.260 e. The molecule has 0 saturated carbocycles. The first-order valence-electron chi connectivity index (χ1n) is 4.29. The summed E-state index contributed by atoms with van der Waals surface area (Å²) in [5, 5.41) is 0. The van der Waals surface area contributed by atoms with E-state index >= 15 is 0 Å². The van der Waals surface area contributed by atoms with Gasteiger partial charge in [-0.15, -0.1) is 0 Å². The molecule has 1 aliphatic heterocycles. The van der Waals surface area contributed by atoms with Crippen molar-refractivity contribution in [2.45, 2.75) is 0 Å². The van der Waals surface area contributed by atoms with Crippen LogP contribution in [0.5, 0.6) is 0 Å². The Kier molecular flexibility index (Phi) is 1.98. The first-order chi connectivity index (χ1) is 6.75. The second-order valence-corrected chi connectivity index (χ2v) is 3.11. The molecule has 72 valence electrons. The molecule has 4 nitrogen and oxygen atoms in total. The van der Waals surface area contributed by atoms with Crippen molar-refractivity contribution < 1.29 is 4.79 Å². The van der Waals surface area contributed by atoms with E-state index in [1.165, 1.54) is 6.20 Å². The van der Waals surface area contributed by atoms with E-state index < -0.39 is 0 Å². The zero-order chi connectivity index (χ0) is 10.1. The highest BCUT2D eigenvalue weighted by Crippen LogP contribution is 2.34. The van der Waals surface area contributed by atoms with Gasteiger partial charge in [0.25, 0.3) is 5.91 Å². The molecule has 0 atom stereocenters. The van der Waals surface area contributed by atoms with Gasteiger partial charge in [0.1, 0.15) is 0 Å². The van der Waals surface area contributed by atoms with Crippen molar-refractivity contribution in [3.63, 3.8) is 0 Å². The molecular weight excluding hydrogens is 178 g/mol. The van der Waals surface area contributed by atoms with E-state index in [1.54, 1.807) is 11.9 Å². The summed E-state index contributed by atoms with van der Waals surface area (Å²) >= 11 is 0. The summed E-state index contributed by atoms with van der Waals surface area (Å²) in [4.78, 5) is 13.3. The molecule has 3 N–H and O–H groups in total. The lowest BCUT2D eigenvalue weighted by molar-refractivity contribution is -0.112. The molecule has 0 fully saturated rings. The number of anilines is 1. The number of rotatable bonds is 1. The van der Waals surface area contributed by atoms with E-state index in [0.717, 1.165) is 11.3 Å². The maximum atomic E-state index is 11.7. The largest absolute Gasteiger partial charge is 0.331 e. The minimum atomic E-state index is -0.0378. The highest BCUT2D eigenvalue weighted by molar-refractivity contribution is 6.32. The Morgan fingerprint density at radius 2 is 2.14 bits per heavy atom. The highest BCUT2D eigenvalue weighted by Gasteiger charge is 2.28. The van der Waals surface area contributed by atoms with E-state index in [4.69, 9.17) is 5.84 Å². The molecule has 1 aromatic rings. The third-order valence-corrected chi connectivity index (χ3v) is 2.32. The predicted molar refractivity (Wildman–Crippen MR) is 55.2 cm³/mol. The second-order valence-electron chi connectivity index (χ2n) is 3.11. The average Bonchev–Trinajstić information content (AvgIpc) is 2.45. The summed E-state index contributed by atoms with van der Waals surface area (Å²) in [5.74, 6) is 5.14. The van der Waals surface area contributed by atoms with Crippen LogP contribution in [0.1, 0.15) is 5.56 Å². The fourth-order valence-corrected chi connectivity index (χ4v) is 1.62. The van der Waals surface area contributed by atoms with Gasteiger partial charge in [0.15, 0.2) is 0 Å². The number of nitrogens with one attached hydrogen (secondary N) is 1. The van der Waals surface area contributed by atoms with Crippen LogP contribution in [0.2, 0.25) is 0 Å². The summed E-state index contributed by atoms with van der Waals surface area (Å²) in [7, 11) is 1.75. The topological polar surface area (TPSA) is 58.4 Å². The van der Waals surface area contributed by atoms with Crippen molar-refractivity contribution in [2.75, 3.05) is 11.9 Å². The minimum Gasteiger partial charge on any atom is -0.331 e. The van der Waals surface area contributed by atoms with E-state index in [9.17, 15) is 4.79 Å². The first kappa shape index (κ1) is 8.77. The summed E-state index contributed by atoms with van der Waals surface area (Å²) in [6.45, 7) is 0. The number of hydrazine groups is 1. The van der Waals surface area contributed by atoms with Gasteiger partial charge in [-0.1, -0.05) is 18.2 Å². The zero-order valence-corrected chi connectivity index (χ0v) is 7.82. The summed E-state index contributed by atoms with van der Waals surface area (Å²) in [5.41, 5.74) is 4.82. The Balaban J connectivity index is 2.59. The molecule has 0 saturated heterocycles. The number of fused-ring (bicyclic) bond motifs is 1. The number of nitrogens with two attached hydrogens (primary N) is 1. The molecule has 2 rings (SSSR count). The van der Waals surface area contributed by atoms with E-state index in [0.29, 0.717) is 5.57 Å². The molecule has 0 unspecified atom stereocenters. The Morgan fingerprint density at radius 3 is 2.86 bits per heavy atom. The molecule has 0 aliphatic carbocycles. The van der Waals surface area contributed by atoms with Gasteiger partial charge in [0.05, 0.1) is 11.3 Å². The number of carbonyl (C=O) groups is 1. The third kappa shape index (κ3) is 1.08. The van der Waals surface area contributed by atoms with Crippen LogP contribution in [0.3, 0.4) is 0 Å². The van der Waals surface area contributed by atoms with Crippen molar-refractivity contribution in [1.82, 2.24) is 5.43 Å². The zero-order valence-electron chi connectivity index (χ0n) is 7.82. The number of para-hydroxylation sites is 1. The molecule has 1 aromatic carbocycles. The van der Waals surface area contributed by atoms with E-state index in [2.05, 4.69) is 5.43 Å². The Hall–Kier alpha value is -1.81. The van der Waals surface area contributed by atoms with Gasteiger partial charge in [-0.2, -0.15) is 0 Å². The van der Waals surface area contributed by atoms with Crippen molar-refractivity contribution in [1.29, 1.82) is 0 Å². The van der Waals surface area contributed by atoms with E-state index in [-0.39, 0.29) is 5.91 Å². The standard InChI is InChI=1S/C10H11N3O/c1-13-9-5-3-2-4-7(9)8(6-12-11)10(13)14/h2-6,12H,11H2,1H3. The van der Waals surface area contributed by atoms with E-state index in [1.807, 2.05) is 24.3 Å². The SMILES string of the molecule is CN1C(=O)C(=CNN)c2ccccc21. The summed E-state index contributed by atoms with van der Waals surface area (Å²) in [6, 6.07) is 7.61. The second kappa shape index (κ2) is 3.16. The van der Waals surface area contributed by atoms with Gasteiger partial charge in [-0.25, -0.2) is 0 Å². The van der Waals surface area contributed by atoms with Gasteiger partial charge >= 0.3 is 0 Å². The van der Waals surface area contributed by atoms with Crippen molar-refractivity contribution in [3.8, 4) is 0 Å². The van der Waals surface area contributed by atoms with Crippen LogP contribution < -0.4 is 16.2 Å². The molecule has 0 radical (unpaired) electrons. The van der Waals surface area contributed by atoms with Crippen LogP contribution in [-0.4, -0.2) is 13.0 Å². The molecule has 14 heavy (non-hydrogen) atoms. The monoisotopic (exact) mass is 189 g/mol. The van der Waals surface area contributed by atoms with Crippen molar-refractivity contribution >= 4 is 17.2 Å². The Labute approximate surface area is 82.0 Å². The number of benzene rings is 1. The van der Waals surface area contributed by atoms with Gasteiger partial charge in [0.2, 0.25) is 0 Å². The number of hydrogen-bond donors (Lipinski definition) is 2. The molecule has 1 aliphatic rings. The molecule has 4 heteroatoms. The van der Waals surface area contributed by atoms with Crippen LogP contribution in [0, 0.1) is 0 Å². The number of amides is 1. The van der Waals surface area contributed by atoms with Gasteiger partial charge in [-0.05, 0) is 6.07 Å². The number of hydrogen-bond acceptors (Lipinski definition) is 3. The third-order valence-electron chi connectivity index (χ3n) is 2.32. The fourth-order valence-electron chi connectivity index (χ4n) is 1.62. The van der Waals surface area contributed by atoms with Gasteiger partial charge in [0, 0.05) is 18.8 Å². The lowest BCUT2D eigenvalue weighted by Gasteiger charge is -2.07. The maximum absolute atomic E-state index is 11.7. The smallest absolute Gasteiger partial charge is 0.260 e. The first-order valence-corrected chi connectivity index (χ1v) is 4.29. The summed E-state index contributed by atoms with van der Waals surface area (Å²) < 4.78 is 0. The van der Waals surface area contributed by atoms with Gasteiger partial charge in [-0.3, -0.25) is 10.6 Å². The molecule has 1 heterocycles. The lowest BCUT2D eigenvalue weighted by atomic mass is 10.1. The number of nitrogens with zero attached hydrogens (tertiary/aromatic N) is 1. The molecule has 0 bridgehead atoms. The molecule has 1 amide bonds.